The largest absolute Gasteiger partial charge is 0.507 e. The van der Waals surface area contributed by atoms with Gasteiger partial charge in [0.2, 0.25) is 0 Å². The lowest BCUT2D eigenvalue weighted by Gasteiger charge is -2.27. The standard InChI is InChI=1S/C17H19N7O/c18-17-15(9-14(21-22-17)13-3-1-2-4-16(13)25)24-11-12(10-20-24)23-7-5-19-6-8-23/h1-4,9-11,19,25H,5-8H2,(H2,18,22). The molecule has 2 aromatic heterocycles. The zero-order chi connectivity index (χ0) is 17.2. The number of hydrogen-bond donors (Lipinski definition) is 3. The maximum atomic E-state index is 10.0. The molecule has 1 aliphatic heterocycles. The Morgan fingerprint density at radius 1 is 1.12 bits per heavy atom. The highest BCUT2D eigenvalue weighted by Crippen LogP contribution is 2.29. The molecule has 8 nitrogen and oxygen atoms in total. The Balaban J connectivity index is 1.70. The van der Waals surface area contributed by atoms with Gasteiger partial charge in [-0.25, -0.2) is 4.68 Å². The zero-order valence-corrected chi connectivity index (χ0v) is 13.6. The number of piperazine rings is 1. The maximum absolute atomic E-state index is 10.0. The van der Waals surface area contributed by atoms with Crippen LogP contribution in [0.3, 0.4) is 0 Å². The number of aromatic hydroxyl groups is 1. The fourth-order valence-corrected chi connectivity index (χ4v) is 2.93. The minimum Gasteiger partial charge on any atom is -0.507 e. The molecule has 1 saturated heterocycles. The van der Waals surface area contributed by atoms with E-state index in [1.807, 2.05) is 18.5 Å². The van der Waals surface area contributed by atoms with Crippen molar-refractivity contribution in [2.45, 2.75) is 0 Å². The van der Waals surface area contributed by atoms with Crippen LogP contribution in [0.5, 0.6) is 5.75 Å². The predicted octanol–water partition coefficient (Wildman–Crippen LogP) is 1.03. The lowest BCUT2D eigenvalue weighted by atomic mass is 10.1. The number of para-hydroxylation sites is 1. The van der Waals surface area contributed by atoms with Gasteiger partial charge in [-0.2, -0.15) is 5.10 Å². The summed E-state index contributed by atoms with van der Waals surface area (Å²) in [6.07, 6.45) is 3.76. The molecule has 4 N–H and O–H groups in total. The average Bonchev–Trinajstić information content (AvgIpc) is 3.13. The SMILES string of the molecule is Nc1nnc(-c2ccccc2O)cc1-n1cc(N2CCNCC2)cn1. The first kappa shape index (κ1) is 15.4. The van der Waals surface area contributed by atoms with E-state index in [1.54, 1.807) is 28.9 Å². The predicted molar refractivity (Wildman–Crippen MR) is 95.7 cm³/mol. The number of nitrogen functional groups attached to an aromatic ring is 1. The fourth-order valence-electron chi connectivity index (χ4n) is 2.93. The molecule has 0 spiro atoms. The third-order valence-corrected chi connectivity index (χ3v) is 4.28. The van der Waals surface area contributed by atoms with E-state index >= 15 is 0 Å². The molecule has 0 amide bonds. The van der Waals surface area contributed by atoms with Crippen LogP contribution in [0.25, 0.3) is 16.9 Å². The van der Waals surface area contributed by atoms with Gasteiger partial charge in [-0.15, -0.1) is 10.2 Å². The number of hydrogen-bond acceptors (Lipinski definition) is 7. The van der Waals surface area contributed by atoms with Crippen molar-refractivity contribution in [3.63, 3.8) is 0 Å². The summed E-state index contributed by atoms with van der Waals surface area (Å²) >= 11 is 0. The highest BCUT2D eigenvalue weighted by Gasteiger charge is 2.15. The molecule has 1 aromatic carbocycles. The van der Waals surface area contributed by atoms with Crippen molar-refractivity contribution in [3.8, 4) is 22.7 Å². The molecule has 128 valence electrons. The molecule has 0 atom stereocenters. The minimum atomic E-state index is 0.148. The van der Waals surface area contributed by atoms with E-state index in [0.717, 1.165) is 31.9 Å². The molecular formula is C17H19N7O. The topological polar surface area (TPSA) is 105 Å². The van der Waals surface area contributed by atoms with Crippen LogP contribution >= 0.6 is 0 Å². The van der Waals surface area contributed by atoms with Crippen molar-refractivity contribution in [3.05, 3.63) is 42.7 Å². The molecule has 1 aliphatic rings. The van der Waals surface area contributed by atoms with Gasteiger partial charge in [-0.1, -0.05) is 12.1 Å². The maximum Gasteiger partial charge on any atom is 0.172 e. The molecule has 3 heterocycles. The third-order valence-electron chi connectivity index (χ3n) is 4.28. The lowest BCUT2D eigenvalue weighted by molar-refractivity contribution is 0.477. The summed E-state index contributed by atoms with van der Waals surface area (Å²) in [5.74, 6) is 0.434. The molecular weight excluding hydrogens is 318 g/mol. The molecule has 8 heteroatoms. The first-order valence-corrected chi connectivity index (χ1v) is 8.14. The Hall–Kier alpha value is -3.13. The van der Waals surface area contributed by atoms with Crippen molar-refractivity contribution < 1.29 is 5.11 Å². The first-order valence-electron chi connectivity index (χ1n) is 8.14. The second kappa shape index (κ2) is 6.40. The average molecular weight is 337 g/mol. The van der Waals surface area contributed by atoms with E-state index in [1.165, 1.54) is 0 Å². The minimum absolute atomic E-state index is 0.148. The van der Waals surface area contributed by atoms with E-state index in [0.29, 0.717) is 16.9 Å². The van der Waals surface area contributed by atoms with E-state index in [2.05, 4.69) is 25.5 Å². The van der Waals surface area contributed by atoms with Gasteiger partial charge in [0, 0.05) is 31.7 Å². The molecule has 0 saturated carbocycles. The van der Waals surface area contributed by atoms with Gasteiger partial charge in [-0.05, 0) is 18.2 Å². The van der Waals surface area contributed by atoms with Crippen LogP contribution in [-0.4, -0.2) is 51.3 Å². The molecule has 0 aliphatic carbocycles. The summed E-state index contributed by atoms with van der Waals surface area (Å²) in [6.45, 7) is 3.81. The molecule has 1 fully saturated rings. The summed E-state index contributed by atoms with van der Waals surface area (Å²) in [5, 5.41) is 25.9. The Morgan fingerprint density at radius 2 is 1.92 bits per heavy atom. The summed E-state index contributed by atoms with van der Waals surface area (Å²) in [4.78, 5) is 2.27. The molecule has 0 radical (unpaired) electrons. The number of phenolic OH excluding ortho intramolecular Hbond substituents is 1. The van der Waals surface area contributed by atoms with E-state index < -0.39 is 0 Å². The number of rotatable bonds is 3. The fraction of sp³-hybridized carbons (Fsp3) is 0.235. The van der Waals surface area contributed by atoms with Crippen molar-refractivity contribution in [2.75, 3.05) is 36.8 Å². The van der Waals surface area contributed by atoms with Crippen LogP contribution in [0.15, 0.2) is 42.7 Å². The van der Waals surface area contributed by atoms with Crippen LogP contribution < -0.4 is 16.0 Å². The van der Waals surface area contributed by atoms with Crippen molar-refractivity contribution in [1.29, 1.82) is 0 Å². The van der Waals surface area contributed by atoms with E-state index in [4.69, 9.17) is 5.73 Å². The van der Waals surface area contributed by atoms with Crippen LogP contribution in [0.4, 0.5) is 11.5 Å². The van der Waals surface area contributed by atoms with Gasteiger partial charge < -0.3 is 21.1 Å². The molecule has 25 heavy (non-hydrogen) atoms. The molecule has 4 rings (SSSR count). The number of anilines is 2. The van der Waals surface area contributed by atoms with Gasteiger partial charge in [0.1, 0.15) is 11.4 Å². The Morgan fingerprint density at radius 3 is 2.72 bits per heavy atom. The highest BCUT2D eigenvalue weighted by molar-refractivity contribution is 5.70. The van der Waals surface area contributed by atoms with Crippen molar-refractivity contribution in [1.82, 2.24) is 25.3 Å². The normalized spacial score (nSPS) is 14.6. The van der Waals surface area contributed by atoms with Gasteiger partial charge in [0.15, 0.2) is 5.82 Å². The second-order valence-corrected chi connectivity index (χ2v) is 5.90. The summed E-state index contributed by atoms with van der Waals surface area (Å²) in [5.41, 5.74) is 8.83. The van der Waals surface area contributed by atoms with Crippen molar-refractivity contribution in [2.24, 2.45) is 0 Å². The number of benzene rings is 1. The lowest BCUT2D eigenvalue weighted by Crippen LogP contribution is -2.43. The molecule has 0 bridgehead atoms. The van der Waals surface area contributed by atoms with E-state index in [-0.39, 0.29) is 11.6 Å². The van der Waals surface area contributed by atoms with Gasteiger partial charge in [0.25, 0.3) is 0 Å². The van der Waals surface area contributed by atoms with E-state index in [9.17, 15) is 5.11 Å². The zero-order valence-electron chi connectivity index (χ0n) is 13.6. The Bertz CT molecular complexity index is 886. The second-order valence-electron chi connectivity index (χ2n) is 5.90. The quantitative estimate of drug-likeness (QED) is 0.655. The van der Waals surface area contributed by atoms with Gasteiger partial charge >= 0.3 is 0 Å². The summed E-state index contributed by atoms with van der Waals surface area (Å²) in [6, 6.07) is 8.78. The number of phenols is 1. The van der Waals surface area contributed by atoms with Crippen LogP contribution in [0.2, 0.25) is 0 Å². The Kier molecular flexibility index (Phi) is 3.95. The smallest absolute Gasteiger partial charge is 0.172 e. The number of nitrogens with one attached hydrogen (secondary N) is 1. The molecule has 0 unspecified atom stereocenters. The van der Waals surface area contributed by atoms with Gasteiger partial charge in [-0.3, -0.25) is 0 Å². The van der Waals surface area contributed by atoms with Crippen LogP contribution in [-0.2, 0) is 0 Å². The third kappa shape index (κ3) is 2.99. The van der Waals surface area contributed by atoms with Crippen LogP contribution in [0.1, 0.15) is 0 Å². The monoisotopic (exact) mass is 337 g/mol. The first-order chi connectivity index (χ1) is 12.2. The van der Waals surface area contributed by atoms with Gasteiger partial charge in [0.05, 0.1) is 23.8 Å². The number of aromatic nitrogens is 4. The summed E-state index contributed by atoms with van der Waals surface area (Å²) in [7, 11) is 0. The molecule has 3 aromatic rings. The highest BCUT2D eigenvalue weighted by atomic mass is 16.3. The summed E-state index contributed by atoms with van der Waals surface area (Å²) < 4.78 is 1.70. The van der Waals surface area contributed by atoms with Crippen LogP contribution in [0, 0.1) is 0 Å². The number of nitrogens with two attached hydrogens (primary N) is 1. The Labute approximate surface area is 144 Å². The number of nitrogens with zero attached hydrogens (tertiary/aromatic N) is 5. The van der Waals surface area contributed by atoms with Crippen molar-refractivity contribution >= 4 is 11.5 Å².